The molecule has 0 spiro atoms. The van der Waals surface area contributed by atoms with Crippen LogP contribution in [0.2, 0.25) is 0 Å². The second-order valence-electron chi connectivity index (χ2n) is 5.41. The standard InChI is InChI=1S/C11H20O2.2CH3.Y/c1-10(2,3)8(12)7-9(13)11(4,5)6;;;/h7,12H,1-6H3;2*1H3;/q;2*-1;/p+1/b8-7-;;;. The topological polar surface area (TPSA) is 41.6 Å². The average Bonchev–Trinajstić information content (AvgIpc) is 1.82. The molecule has 0 aliphatic rings. The Hall–Kier alpha value is 0.314. The molecular weight excluding hydrogens is 277 g/mol. The van der Waals surface area contributed by atoms with Gasteiger partial charge in [0.15, 0.2) is 0 Å². The van der Waals surface area contributed by atoms with Gasteiger partial charge in [-0.25, -0.2) is 0 Å². The van der Waals surface area contributed by atoms with E-state index in [1.165, 1.54) is 6.08 Å². The molecule has 0 rings (SSSR count). The predicted octanol–water partition coefficient (Wildman–Crippen LogP) is 3.96. The Morgan fingerprint density at radius 3 is 1.44 bits per heavy atom. The van der Waals surface area contributed by atoms with Crippen LogP contribution in [0.5, 0.6) is 0 Å². The molecule has 3 heteroatoms. The molecule has 0 atom stereocenters. The van der Waals surface area contributed by atoms with Crippen LogP contribution in [0.25, 0.3) is 0 Å². The van der Waals surface area contributed by atoms with Gasteiger partial charge in [-0.2, -0.15) is 0 Å². The summed E-state index contributed by atoms with van der Waals surface area (Å²) in [4.78, 5) is 9.60. The smallest absolute Gasteiger partial charge is 0.325 e. The van der Waals surface area contributed by atoms with Crippen molar-refractivity contribution in [1.29, 1.82) is 0 Å². The van der Waals surface area contributed by atoms with Gasteiger partial charge in [0.1, 0.15) is 5.76 Å². The Morgan fingerprint density at radius 2 is 1.25 bits per heavy atom. The van der Waals surface area contributed by atoms with Crippen LogP contribution >= 0.6 is 0 Å². The molecule has 0 heterocycles. The minimum absolute atomic E-state index is 0. The quantitative estimate of drug-likeness (QED) is 0.339. The van der Waals surface area contributed by atoms with Gasteiger partial charge in [0.25, 0.3) is 0 Å². The number of rotatable bonds is 1. The second kappa shape index (κ2) is 8.41. The first-order valence-corrected chi connectivity index (χ1v) is 4.52. The van der Waals surface area contributed by atoms with Crippen molar-refractivity contribution in [2.24, 2.45) is 10.8 Å². The van der Waals surface area contributed by atoms with Crippen LogP contribution in [0.1, 0.15) is 41.5 Å². The Kier molecular flexibility index (Phi) is 13.3. The largest absolute Gasteiger partial charge is 0.511 e. The zero-order valence-corrected chi connectivity index (χ0v) is 14.9. The molecule has 0 aromatic carbocycles. The first kappa shape index (κ1) is 25.2. The van der Waals surface area contributed by atoms with E-state index in [4.69, 9.17) is 0 Å². The molecule has 0 fully saturated rings. The minimum atomic E-state index is -0.306. The van der Waals surface area contributed by atoms with Gasteiger partial charge in [0, 0.05) is 38.1 Å². The van der Waals surface area contributed by atoms with Gasteiger partial charge in [-0.05, 0) is 20.8 Å². The van der Waals surface area contributed by atoms with Gasteiger partial charge in [-0.3, -0.25) is 4.79 Å². The maximum atomic E-state index is 9.60. The van der Waals surface area contributed by atoms with Crippen molar-refractivity contribution in [3.63, 3.8) is 0 Å². The summed E-state index contributed by atoms with van der Waals surface area (Å²) in [6, 6.07) is 0. The number of allylic oxidation sites excluding steroid dienone is 2. The number of hydrogen-bond donors (Lipinski definition) is 1. The molecule has 0 amide bonds. The minimum Gasteiger partial charge on any atom is -0.511 e. The maximum Gasteiger partial charge on any atom is 0.325 e. The van der Waals surface area contributed by atoms with E-state index in [-0.39, 0.29) is 69.9 Å². The zero-order valence-electron chi connectivity index (χ0n) is 12.0. The third-order valence-electron chi connectivity index (χ3n) is 1.81. The summed E-state index contributed by atoms with van der Waals surface area (Å²) in [7, 11) is 0. The number of aliphatic hydroxyl groups is 1. The summed E-state index contributed by atoms with van der Waals surface area (Å²) in [6.07, 6.45) is 1.44. The van der Waals surface area contributed by atoms with Crippen LogP contribution in [0.3, 0.4) is 0 Å². The van der Waals surface area contributed by atoms with Crippen molar-refractivity contribution in [2.75, 3.05) is 0 Å². The van der Waals surface area contributed by atoms with Gasteiger partial charge in [0.05, 0.1) is 11.5 Å². The van der Waals surface area contributed by atoms with Crippen molar-refractivity contribution in [3.8, 4) is 0 Å². The number of hydrogen-bond acceptors (Lipinski definition) is 1. The van der Waals surface area contributed by atoms with Gasteiger partial charge >= 0.3 is 5.78 Å². The van der Waals surface area contributed by atoms with Crippen molar-refractivity contribution in [2.45, 2.75) is 41.5 Å². The van der Waals surface area contributed by atoms with Crippen LogP contribution in [0, 0.1) is 25.7 Å². The van der Waals surface area contributed by atoms with E-state index in [1.54, 1.807) is 0 Å². The molecular formula is C13H27O2Y-. The summed E-state index contributed by atoms with van der Waals surface area (Å²) in [5.41, 5.74) is -0.613. The van der Waals surface area contributed by atoms with E-state index < -0.39 is 0 Å². The fourth-order valence-corrected chi connectivity index (χ4v) is 0.563. The van der Waals surface area contributed by atoms with Crippen LogP contribution in [0.15, 0.2) is 11.8 Å². The van der Waals surface area contributed by atoms with E-state index in [1.807, 2.05) is 41.5 Å². The van der Waals surface area contributed by atoms with E-state index >= 15 is 0 Å². The first-order chi connectivity index (χ1) is 5.55. The Bertz CT molecular complexity index is 229. The SMILES string of the molecule is CC(C)(C)C(=[OH+])/C=C(\O)C(C)(C)C.[CH3-].[CH3-].[Y]. The van der Waals surface area contributed by atoms with Gasteiger partial charge in [-0.1, -0.05) is 20.8 Å². The Labute approximate surface area is 127 Å². The van der Waals surface area contributed by atoms with Crippen molar-refractivity contribution in [3.05, 3.63) is 26.7 Å². The van der Waals surface area contributed by atoms with E-state index in [2.05, 4.69) is 0 Å². The fourth-order valence-electron chi connectivity index (χ4n) is 0.563. The maximum absolute atomic E-state index is 9.60. The molecule has 0 unspecified atom stereocenters. The third-order valence-corrected chi connectivity index (χ3v) is 1.81. The summed E-state index contributed by atoms with van der Waals surface area (Å²) >= 11 is 0. The number of ketones is 1. The van der Waals surface area contributed by atoms with Crippen LogP contribution in [-0.4, -0.2) is 15.7 Å². The monoisotopic (exact) mass is 304 g/mol. The fraction of sp³-hybridized carbons (Fsp3) is 0.615. The van der Waals surface area contributed by atoms with Crippen molar-refractivity contribution in [1.82, 2.24) is 0 Å². The molecule has 2 nitrogen and oxygen atoms in total. The third kappa shape index (κ3) is 9.53. The van der Waals surface area contributed by atoms with Gasteiger partial charge in [0.2, 0.25) is 0 Å². The Morgan fingerprint density at radius 1 is 0.938 bits per heavy atom. The molecule has 0 aromatic rings. The van der Waals surface area contributed by atoms with E-state index in [0.29, 0.717) is 0 Å². The average molecular weight is 304 g/mol. The molecule has 0 bridgehead atoms. The van der Waals surface area contributed by atoms with E-state index in [9.17, 15) is 9.90 Å². The molecule has 0 saturated carbocycles. The summed E-state index contributed by atoms with van der Waals surface area (Å²) in [5.74, 6) is 0.417. The molecule has 0 aromatic heterocycles. The molecule has 0 saturated heterocycles. The van der Waals surface area contributed by atoms with Crippen molar-refractivity contribution >= 4 is 5.78 Å². The number of carbonyl (C=O) groups excluding carboxylic acids is 1. The normalized spacial score (nSPS) is 11.8. The summed E-state index contributed by atoms with van der Waals surface area (Å²) in [6.45, 7) is 11.4. The van der Waals surface area contributed by atoms with Crippen LogP contribution in [0.4, 0.5) is 0 Å². The molecule has 0 aliphatic carbocycles. The Balaban J connectivity index is -0.000000240. The van der Waals surface area contributed by atoms with Gasteiger partial charge in [-0.15, -0.1) is 0 Å². The van der Waals surface area contributed by atoms with Crippen molar-refractivity contribution < 1.29 is 42.6 Å². The zero-order chi connectivity index (χ0) is 10.9. The molecule has 2 N–H and O–H groups in total. The van der Waals surface area contributed by atoms with Gasteiger partial charge < -0.3 is 20.0 Å². The molecule has 0 aliphatic heterocycles. The summed E-state index contributed by atoms with van der Waals surface area (Å²) < 4.78 is 0. The van der Waals surface area contributed by atoms with Crippen LogP contribution < -0.4 is 0 Å². The van der Waals surface area contributed by atoms with Crippen LogP contribution in [-0.2, 0) is 32.7 Å². The molecule has 95 valence electrons. The summed E-state index contributed by atoms with van der Waals surface area (Å²) in [5, 5.41) is 9.60. The van der Waals surface area contributed by atoms with E-state index in [0.717, 1.165) is 0 Å². The molecule has 1 radical (unpaired) electrons. The first-order valence-electron chi connectivity index (χ1n) is 4.52. The number of aliphatic hydroxyl groups excluding tert-OH is 1. The second-order valence-corrected chi connectivity index (χ2v) is 5.41. The predicted molar refractivity (Wildman–Crippen MR) is 69.4 cm³/mol. The molecule has 16 heavy (non-hydrogen) atoms.